The molecule has 5 nitrogen and oxygen atoms in total. The molecule has 0 radical (unpaired) electrons. The highest BCUT2D eigenvalue weighted by Crippen LogP contribution is 2.22. The third kappa shape index (κ3) is 5.84. The molecule has 3 rings (SSSR count). The summed E-state index contributed by atoms with van der Waals surface area (Å²) in [5.41, 5.74) is 3.84. The first kappa shape index (κ1) is 21.9. The van der Waals surface area contributed by atoms with Crippen LogP contribution in [0.1, 0.15) is 27.0 Å². The molecule has 0 saturated heterocycles. The molecule has 0 aromatic heterocycles. The Labute approximate surface area is 182 Å². The fourth-order valence-electron chi connectivity index (χ4n) is 3.00. The number of amides is 1. The highest BCUT2D eigenvalue weighted by Gasteiger charge is 2.18. The minimum absolute atomic E-state index is 0.189. The Morgan fingerprint density at radius 3 is 2.20 bits per heavy atom. The molecule has 0 bridgehead atoms. The zero-order valence-electron chi connectivity index (χ0n) is 16.8. The van der Waals surface area contributed by atoms with Crippen LogP contribution in [0.15, 0.2) is 72.8 Å². The lowest BCUT2D eigenvalue weighted by molar-refractivity contribution is 0.0951. The Hall–Kier alpha value is -2.83. The van der Waals surface area contributed by atoms with Crippen LogP contribution in [-0.4, -0.2) is 20.6 Å². The van der Waals surface area contributed by atoms with Crippen molar-refractivity contribution in [3.05, 3.63) is 100 Å². The van der Waals surface area contributed by atoms with Crippen LogP contribution in [0, 0.1) is 6.92 Å². The molecule has 0 unspecified atom stereocenters. The van der Waals surface area contributed by atoms with Crippen molar-refractivity contribution in [2.24, 2.45) is 0 Å². The second-order valence-electron chi connectivity index (χ2n) is 7.11. The van der Waals surface area contributed by atoms with Gasteiger partial charge in [-0.25, -0.2) is 8.42 Å². The standard InChI is InChI=1S/C23H23ClN2O3S/c1-17-4-3-5-22(14-17)26(30(2,28)29)16-19-6-10-20(11-7-19)23(27)25-15-18-8-12-21(24)13-9-18/h3-14H,15-16H2,1-2H3,(H,25,27). The van der Waals surface area contributed by atoms with Crippen LogP contribution in [0.25, 0.3) is 0 Å². The van der Waals surface area contributed by atoms with Crippen molar-refractivity contribution >= 4 is 33.2 Å². The van der Waals surface area contributed by atoms with Crippen molar-refractivity contribution in [1.29, 1.82) is 0 Å². The first-order valence-corrected chi connectivity index (χ1v) is 11.6. The molecule has 3 aromatic rings. The summed E-state index contributed by atoms with van der Waals surface area (Å²) in [6.07, 6.45) is 1.19. The lowest BCUT2D eigenvalue weighted by Crippen LogP contribution is -2.29. The number of nitrogens with zero attached hydrogens (tertiary/aromatic N) is 1. The van der Waals surface area contributed by atoms with Crippen molar-refractivity contribution < 1.29 is 13.2 Å². The van der Waals surface area contributed by atoms with Crippen LogP contribution in [0.5, 0.6) is 0 Å². The number of anilines is 1. The SMILES string of the molecule is Cc1cccc(N(Cc2ccc(C(=O)NCc3ccc(Cl)cc3)cc2)S(C)(=O)=O)c1. The van der Waals surface area contributed by atoms with E-state index in [2.05, 4.69) is 5.32 Å². The topological polar surface area (TPSA) is 66.5 Å². The van der Waals surface area contributed by atoms with Crippen molar-refractivity contribution in [2.75, 3.05) is 10.6 Å². The monoisotopic (exact) mass is 442 g/mol. The van der Waals surface area contributed by atoms with E-state index in [1.807, 2.05) is 37.3 Å². The van der Waals surface area contributed by atoms with E-state index >= 15 is 0 Å². The van der Waals surface area contributed by atoms with E-state index in [-0.39, 0.29) is 12.5 Å². The van der Waals surface area contributed by atoms with Gasteiger partial charge in [-0.1, -0.05) is 48.0 Å². The summed E-state index contributed by atoms with van der Waals surface area (Å²) in [5.74, 6) is -0.199. The lowest BCUT2D eigenvalue weighted by atomic mass is 10.1. The molecule has 0 aliphatic carbocycles. The van der Waals surface area contributed by atoms with E-state index < -0.39 is 10.0 Å². The van der Waals surface area contributed by atoms with Crippen molar-refractivity contribution in [3.63, 3.8) is 0 Å². The third-order valence-electron chi connectivity index (χ3n) is 4.60. The molecule has 0 aliphatic heterocycles. The molecule has 30 heavy (non-hydrogen) atoms. The van der Waals surface area contributed by atoms with Crippen molar-refractivity contribution in [2.45, 2.75) is 20.0 Å². The van der Waals surface area contributed by atoms with Gasteiger partial charge in [0.05, 0.1) is 18.5 Å². The number of carbonyl (C=O) groups is 1. The summed E-state index contributed by atoms with van der Waals surface area (Å²) in [4.78, 5) is 12.4. The molecule has 1 N–H and O–H groups in total. The molecule has 7 heteroatoms. The first-order chi connectivity index (χ1) is 14.2. The highest BCUT2D eigenvalue weighted by molar-refractivity contribution is 7.92. The fourth-order valence-corrected chi connectivity index (χ4v) is 4.00. The predicted molar refractivity (Wildman–Crippen MR) is 121 cm³/mol. The van der Waals surface area contributed by atoms with E-state index in [0.717, 1.165) is 16.7 Å². The largest absolute Gasteiger partial charge is 0.348 e. The Kier molecular flexibility index (Phi) is 6.80. The quantitative estimate of drug-likeness (QED) is 0.584. The molecule has 0 spiro atoms. The van der Waals surface area contributed by atoms with E-state index in [1.165, 1.54) is 10.6 Å². The summed E-state index contributed by atoms with van der Waals surface area (Å²) in [5, 5.41) is 3.51. The van der Waals surface area contributed by atoms with Crippen LogP contribution < -0.4 is 9.62 Å². The molecule has 0 aliphatic rings. The van der Waals surface area contributed by atoms with Gasteiger partial charge in [0.1, 0.15) is 0 Å². The van der Waals surface area contributed by atoms with E-state index in [4.69, 9.17) is 11.6 Å². The average Bonchev–Trinajstić information content (AvgIpc) is 2.71. The predicted octanol–water partition coefficient (Wildman–Crippen LogP) is 4.54. The van der Waals surface area contributed by atoms with Gasteiger partial charge in [-0.3, -0.25) is 9.10 Å². The van der Waals surface area contributed by atoms with Gasteiger partial charge in [-0.2, -0.15) is 0 Å². The van der Waals surface area contributed by atoms with Gasteiger partial charge < -0.3 is 5.32 Å². The normalized spacial score (nSPS) is 11.2. The Morgan fingerprint density at radius 1 is 0.967 bits per heavy atom. The van der Waals surface area contributed by atoms with Gasteiger partial charge in [-0.05, 0) is 60.0 Å². The second kappa shape index (κ2) is 9.32. The number of sulfonamides is 1. The highest BCUT2D eigenvalue weighted by atomic mass is 35.5. The van der Waals surface area contributed by atoms with Gasteiger partial charge >= 0.3 is 0 Å². The summed E-state index contributed by atoms with van der Waals surface area (Å²) < 4.78 is 26.0. The second-order valence-corrected chi connectivity index (χ2v) is 9.46. The van der Waals surface area contributed by atoms with Gasteiger partial charge in [0, 0.05) is 17.1 Å². The number of benzene rings is 3. The third-order valence-corrected chi connectivity index (χ3v) is 5.99. The summed E-state index contributed by atoms with van der Waals surface area (Å²) in [7, 11) is -3.46. The summed E-state index contributed by atoms with van der Waals surface area (Å²) in [6, 6.07) is 21.6. The smallest absolute Gasteiger partial charge is 0.251 e. The van der Waals surface area contributed by atoms with Gasteiger partial charge in [0.15, 0.2) is 0 Å². The maximum atomic E-state index is 12.4. The Morgan fingerprint density at radius 2 is 1.60 bits per heavy atom. The zero-order chi connectivity index (χ0) is 21.7. The van der Waals surface area contributed by atoms with Crippen LogP contribution >= 0.6 is 11.6 Å². The molecular formula is C23H23ClN2O3S. The molecular weight excluding hydrogens is 420 g/mol. The zero-order valence-corrected chi connectivity index (χ0v) is 18.4. The minimum atomic E-state index is -3.46. The minimum Gasteiger partial charge on any atom is -0.348 e. The number of hydrogen-bond donors (Lipinski definition) is 1. The molecule has 0 atom stereocenters. The maximum Gasteiger partial charge on any atom is 0.251 e. The Balaban J connectivity index is 1.69. The van der Waals surface area contributed by atoms with Crippen LogP contribution in [0.2, 0.25) is 5.02 Å². The fraction of sp³-hybridized carbons (Fsp3) is 0.174. The number of nitrogens with one attached hydrogen (secondary N) is 1. The first-order valence-electron chi connectivity index (χ1n) is 9.38. The van der Waals surface area contributed by atoms with Gasteiger partial charge in [0.2, 0.25) is 10.0 Å². The van der Waals surface area contributed by atoms with Gasteiger partial charge in [-0.15, -0.1) is 0 Å². The average molecular weight is 443 g/mol. The molecule has 0 heterocycles. The van der Waals surface area contributed by atoms with Crippen molar-refractivity contribution in [3.8, 4) is 0 Å². The number of hydrogen-bond acceptors (Lipinski definition) is 3. The Bertz CT molecular complexity index is 1130. The number of aryl methyl sites for hydroxylation is 1. The molecule has 0 fully saturated rings. The van der Waals surface area contributed by atoms with E-state index in [1.54, 1.807) is 42.5 Å². The molecule has 1 amide bonds. The molecule has 0 saturated carbocycles. The molecule has 156 valence electrons. The maximum absolute atomic E-state index is 12.4. The molecule has 3 aromatic carbocycles. The number of halogens is 1. The van der Waals surface area contributed by atoms with Crippen LogP contribution in [0.3, 0.4) is 0 Å². The summed E-state index contributed by atoms with van der Waals surface area (Å²) >= 11 is 5.87. The van der Waals surface area contributed by atoms with Crippen LogP contribution in [0.4, 0.5) is 5.69 Å². The van der Waals surface area contributed by atoms with E-state index in [0.29, 0.717) is 22.8 Å². The van der Waals surface area contributed by atoms with E-state index in [9.17, 15) is 13.2 Å². The lowest BCUT2D eigenvalue weighted by Gasteiger charge is -2.23. The van der Waals surface area contributed by atoms with Crippen molar-refractivity contribution in [1.82, 2.24) is 5.32 Å². The van der Waals surface area contributed by atoms with Gasteiger partial charge in [0.25, 0.3) is 5.91 Å². The summed E-state index contributed by atoms with van der Waals surface area (Å²) in [6.45, 7) is 2.50. The van der Waals surface area contributed by atoms with Crippen LogP contribution in [-0.2, 0) is 23.1 Å². The number of rotatable bonds is 7. The number of carbonyl (C=O) groups excluding carboxylic acids is 1.